The van der Waals surface area contributed by atoms with Crippen LogP contribution in [0.4, 0.5) is 4.39 Å². The molecule has 0 amide bonds. The number of H-pyrrole nitrogens is 1. The summed E-state index contributed by atoms with van der Waals surface area (Å²) in [6.07, 6.45) is 1.58. The van der Waals surface area contributed by atoms with Crippen LogP contribution in [0.2, 0.25) is 0 Å². The molecule has 4 nitrogen and oxygen atoms in total. The summed E-state index contributed by atoms with van der Waals surface area (Å²) in [5.41, 5.74) is 0.566. The second-order valence-corrected chi connectivity index (χ2v) is 5.62. The molecule has 2 aromatic rings. The van der Waals surface area contributed by atoms with E-state index >= 15 is 0 Å². The molecule has 3 rings (SSSR count). The maximum Gasteiger partial charge on any atom is 0.132 e. The topological polar surface area (TPSA) is 58.1 Å². The molecule has 0 atom stereocenters. The minimum absolute atomic E-state index is 0.0408. The van der Waals surface area contributed by atoms with Crippen molar-refractivity contribution in [3.05, 3.63) is 40.5 Å². The highest BCUT2D eigenvalue weighted by molar-refractivity contribution is 9.10. The van der Waals surface area contributed by atoms with Crippen LogP contribution in [-0.2, 0) is 10.2 Å². The van der Waals surface area contributed by atoms with Crippen molar-refractivity contribution in [1.82, 2.24) is 9.97 Å². The van der Waals surface area contributed by atoms with Crippen LogP contribution in [0.25, 0.3) is 11.3 Å². The third-order valence-electron chi connectivity index (χ3n) is 3.36. The summed E-state index contributed by atoms with van der Waals surface area (Å²) in [6.45, 7) is 0.815. The summed E-state index contributed by atoms with van der Waals surface area (Å²) < 4.78 is 19.7. The van der Waals surface area contributed by atoms with Crippen LogP contribution < -0.4 is 0 Å². The molecule has 1 aliphatic heterocycles. The summed E-state index contributed by atoms with van der Waals surface area (Å²) >= 11 is 3.32. The average Bonchev–Trinajstić information content (AvgIpc) is 2.81. The summed E-state index contributed by atoms with van der Waals surface area (Å²) in [5, 5.41) is 9.45. The van der Waals surface area contributed by atoms with E-state index < -0.39 is 5.41 Å². The molecule has 2 heterocycles. The first kappa shape index (κ1) is 12.8. The molecule has 1 aromatic carbocycles. The molecule has 0 radical (unpaired) electrons. The monoisotopic (exact) mass is 326 g/mol. The second kappa shape index (κ2) is 4.70. The average molecular weight is 327 g/mol. The minimum atomic E-state index is -0.471. The van der Waals surface area contributed by atoms with Gasteiger partial charge in [0, 0.05) is 10.0 Å². The number of aromatic nitrogens is 2. The molecule has 0 saturated carbocycles. The molecule has 0 aliphatic carbocycles. The highest BCUT2D eigenvalue weighted by atomic mass is 79.9. The number of ether oxygens (including phenoxy) is 1. The predicted octanol–water partition coefficient (Wildman–Crippen LogP) is 2.24. The molecule has 0 unspecified atom stereocenters. The van der Waals surface area contributed by atoms with Crippen LogP contribution in [-0.4, -0.2) is 34.9 Å². The van der Waals surface area contributed by atoms with Gasteiger partial charge in [-0.3, -0.25) is 0 Å². The molecule has 1 aromatic heterocycles. The number of halogens is 2. The Hall–Kier alpha value is -1.24. The molecule has 19 heavy (non-hydrogen) atoms. The zero-order valence-electron chi connectivity index (χ0n) is 9.99. The Bertz CT molecular complexity index is 605. The summed E-state index contributed by atoms with van der Waals surface area (Å²) in [5.74, 6) is 0.317. The van der Waals surface area contributed by atoms with E-state index in [2.05, 4.69) is 25.9 Å². The van der Waals surface area contributed by atoms with E-state index in [4.69, 9.17) is 4.74 Å². The molecule has 6 heteroatoms. The van der Waals surface area contributed by atoms with Gasteiger partial charge in [-0.1, -0.05) is 15.9 Å². The first-order valence-corrected chi connectivity index (χ1v) is 6.63. The van der Waals surface area contributed by atoms with Gasteiger partial charge in [-0.2, -0.15) is 0 Å². The van der Waals surface area contributed by atoms with Gasteiger partial charge in [0.1, 0.15) is 11.6 Å². The van der Waals surface area contributed by atoms with Crippen molar-refractivity contribution >= 4 is 15.9 Å². The minimum Gasteiger partial charge on any atom is -0.395 e. The van der Waals surface area contributed by atoms with Gasteiger partial charge in [0.15, 0.2) is 0 Å². The van der Waals surface area contributed by atoms with Crippen molar-refractivity contribution in [3.63, 3.8) is 0 Å². The number of rotatable bonds is 3. The van der Waals surface area contributed by atoms with E-state index in [1.54, 1.807) is 18.3 Å². The van der Waals surface area contributed by atoms with Crippen molar-refractivity contribution < 1.29 is 14.2 Å². The zero-order chi connectivity index (χ0) is 13.5. The SMILES string of the molecule is OCC1(c2ncc(-c3cc(Br)ccc3F)[nH]2)COC1. The Morgan fingerprint density at radius 2 is 2.26 bits per heavy atom. The van der Waals surface area contributed by atoms with Crippen LogP contribution in [0.1, 0.15) is 5.82 Å². The van der Waals surface area contributed by atoms with Gasteiger partial charge in [0.2, 0.25) is 0 Å². The van der Waals surface area contributed by atoms with Crippen molar-refractivity contribution in [2.24, 2.45) is 0 Å². The molecule has 1 saturated heterocycles. The number of nitrogens with one attached hydrogen (secondary N) is 1. The molecule has 1 fully saturated rings. The molecule has 100 valence electrons. The van der Waals surface area contributed by atoms with Crippen LogP contribution in [0.3, 0.4) is 0 Å². The van der Waals surface area contributed by atoms with Crippen LogP contribution >= 0.6 is 15.9 Å². The van der Waals surface area contributed by atoms with E-state index in [0.29, 0.717) is 30.3 Å². The van der Waals surface area contributed by atoms with Gasteiger partial charge in [-0.15, -0.1) is 0 Å². The Kier molecular flexibility index (Phi) is 3.16. The van der Waals surface area contributed by atoms with Crippen LogP contribution in [0.15, 0.2) is 28.9 Å². The quantitative estimate of drug-likeness (QED) is 0.909. The largest absolute Gasteiger partial charge is 0.395 e. The first-order valence-electron chi connectivity index (χ1n) is 5.84. The smallest absolute Gasteiger partial charge is 0.132 e. The lowest BCUT2D eigenvalue weighted by Crippen LogP contribution is -2.50. The highest BCUT2D eigenvalue weighted by Gasteiger charge is 2.42. The third kappa shape index (κ3) is 2.09. The van der Waals surface area contributed by atoms with Gasteiger partial charge in [0.05, 0.1) is 37.1 Å². The van der Waals surface area contributed by atoms with Crippen molar-refractivity contribution in [3.8, 4) is 11.3 Å². The van der Waals surface area contributed by atoms with Gasteiger partial charge >= 0.3 is 0 Å². The molecule has 2 N–H and O–H groups in total. The summed E-state index contributed by atoms with van der Waals surface area (Å²) in [4.78, 5) is 7.33. The number of nitrogens with zero attached hydrogens (tertiary/aromatic N) is 1. The molecule has 0 spiro atoms. The molecular weight excluding hydrogens is 315 g/mol. The van der Waals surface area contributed by atoms with E-state index in [9.17, 15) is 9.50 Å². The van der Waals surface area contributed by atoms with Gasteiger partial charge < -0.3 is 14.8 Å². The van der Waals surface area contributed by atoms with E-state index in [-0.39, 0.29) is 12.4 Å². The lowest BCUT2D eigenvalue weighted by Gasteiger charge is -2.37. The third-order valence-corrected chi connectivity index (χ3v) is 3.85. The Balaban J connectivity index is 1.99. The molecule has 1 aliphatic rings. The zero-order valence-corrected chi connectivity index (χ0v) is 11.6. The van der Waals surface area contributed by atoms with Crippen LogP contribution in [0, 0.1) is 5.82 Å². The fourth-order valence-corrected chi connectivity index (χ4v) is 2.44. The number of aromatic amines is 1. The Morgan fingerprint density at radius 3 is 2.89 bits per heavy atom. The number of hydrogen-bond donors (Lipinski definition) is 2. The molecular formula is C13H12BrFN2O2. The highest BCUT2D eigenvalue weighted by Crippen LogP contribution is 2.32. The maximum atomic E-state index is 13.8. The second-order valence-electron chi connectivity index (χ2n) is 4.70. The van der Waals surface area contributed by atoms with E-state index in [1.165, 1.54) is 6.07 Å². The van der Waals surface area contributed by atoms with Gasteiger partial charge in [-0.25, -0.2) is 9.37 Å². The van der Waals surface area contributed by atoms with E-state index in [1.807, 2.05) is 0 Å². The predicted molar refractivity (Wildman–Crippen MR) is 71.3 cm³/mol. The number of aliphatic hydroxyl groups is 1. The molecule has 0 bridgehead atoms. The number of imidazole rings is 1. The van der Waals surface area contributed by atoms with Crippen molar-refractivity contribution in [2.45, 2.75) is 5.41 Å². The van der Waals surface area contributed by atoms with Gasteiger partial charge in [0.25, 0.3) is 0 Å². The lowest BCUT2D eigenvalue weighted by molar-refractivity contribution is -0.0880. The van der Waals surface area contributed by atoms with Crippen LogP contribution in [0.5, 0.6) is 0 Å². The Morgan fingerprint density at radius 1 is 1.47 bits per heavy atom. The summed E-state index contributed by atoms with van der Waals surface area (Å²) in [6, 6.07) is 4.73. The summed E-state index contributed by atoms with van der Waals surface area (Å²) in [7, 11) is 0. The number of benzene rings is 1. The normalized spacial score (nSPS) is 17.2. The van der Waals surface area contributed by atoms with Gasteiger partial charge in [-0.05, 0) is 18.2 Å². The van der Waals surface area contributed by atoms with Crippen molar-refractivity contribution in [1.29, 1.82) is 0 Å². The standard InChI is InChI=1S/C13H12BrFN2O2/c14-8-1-2-10(15)9(3-8)11-4-16-12(17-11)13(5-18)6-19-7-13/h1-4,18H,5-7H2,(H,16,17). The number of aliphatic hydroxyl groups excluding tert-OH is 1. The van der Waals surface area contributed by atoms with E-state index in [0.717, 1.165) is 4.47 Å². The lowest BCUT2D eigenvalue weighted by atomic mass is 9.86. The number of hydrogen-bond acceptors (Lipinski definition) is 3. The fraction of sp³-hybridized carbons (Fsp3) is 0.308. The van der Waals surface area contributed by atoms with Crippen molar-refractivity contribution in [2.75, 3.05) is 19.8 Å². The first-order chi connectivity index (χ1) is 9.14. The Labute approximate surface area is 117 Å². The fourth-order valence-electron chi connectivity index (χ4n) is 2.08. The maximum absolute atomic E-state index is 13.8.